The lowest BCUT2D eigenvalue weighted by Gasteiger charge is -1.99. The van der Waals surface area contributed by atoms with E-state index in [0.717, 1.165) is 5.56 Å². The lowest BCUT2D eigenvalue weighted by Crippen LogP contribution is -2.02. The summed E-state index contributed by atoms with van der Waals surface area (Å²) in [6.45, 7) is 0.407. The van der Waals surface area contributed by atoms with Crippen molar-refractivity contribution in [3.63, 3.8) is 0 Å². The fraction of sp³-hybridized carbons (Fsp3) is 0.111. The maximum atomic E-state index is 10.4. The molecule has 0 spiro atoms. The first-order valence-corrected chi connectivity index (χ1v) is 4.34. The predicted octanol–water partition coefficient (Wildman–Crippen LogP) is -0.0665. The topological polar surface area (TPSA) is 86.7 Å². The van der Waals surface area contributed by atoms with E-state index in [1.807, 2.05) is 0 Å². The molecular weight excluding hydrogens is 194 g/mol. The van der Waals surface area contributed by atoms with Crippen LogP contribution in [0.3, 0.4) is 0 Å². The molecule has 2 aromatic heterocycles. The summed E-state index contributed by atoms with van der Waals surface area (Å²) in [5, 5.41) is 0. The van der Waals surface area contributed by atoms with E-state index in [-0.39, 0.29) is 0 Å². The molecule has 0 radical (unpaired) electrons. The molecule has 2 N–H and O–H groups in total. The number of nitrogens with zero attached hydrogens (tertiary/aromatic N) is 4. The Morgan fingerprint density at radius 3 is 2.60 bits per heavy atom. The van der Waals surface area contributed by atoms with Crippen LogP contribution in [0, 0.1) is 0 Å². The lowest BCUT2D eigenvalue weighted by molar-refractivity contribution is 0.111. The summed E-state index contributed by atoms with van der Waals surface area (Å²) in [5.74, 6) is 0.466. The van der Waals surface area contributed by atoms with Gasteiger partial charge in [0.15, 0.2) is 6.29 Å². The van der Waals surface area contributed by atoms with Crippen LogP contribution in [0.5, 0.6) is 0 Å². The third-order valence-corrected chi connectivity index (χ3v) is 1.88. The number of nitrogens with two attached hydrogens (primary N) is 1. The average Bonchev–Trinajstić information content (AvgIpc) is 2.78. The molecule has 2 rings (SSSR count). The van der Waals surface area contributed by atoms with E-state index in [1.165, 1.54) is 6.33 Å². The predicted molar refractivity (Wildman–Crippen MR) is 52.4 cm³/mol. The molecule has 0 aliphatic carbocycles. The number of rotatable bonds is 3. The minimum Gasteiger partial charge on any atom is -0.326 e. The van der Waals surface area contributed by atoms with Gasteiger partial charge in [0.05, 0.1) is 0 Å². The Bertz CT molecular complexity index is 462. The summed E-state index contributed by atoms with van der Waals surface area (Å²) in [7, 11) is 0. The molecule has 6 nitrogen and oxygen atoms in total. The van der Waals surface area contributed by atoms with E-state index >= 15 is 0 Å². The molecule has 0 saturated carbocycles. The Kier molecular flexibility index (Phi) is 2.51. The van der Waals surface area contributed by atoms with E-state index in [2.05, 4.69) is 15.0 Å². The molecule has 2 heterocycles. The Labute approximate surface area is 85.8 Å². The molecule has 0 atom stereocenters. The van der Waals surface area contributed by atoms with Crippen LogP contribution < -0.4 is 5.73 Å². The van der Waals surface area contributed by atoms with Gasteiger partial charge in [0.1, 0.15) is 12.0 Å². The number of aldehydes is 1. The molecule has 0 saturated heterocycles. The monoisotopic (exact) mass is 203 g/mol. The second-order valence-corrected chi connectivity index (χ2v) is 2.92. The second kappa shape index (κ2) is 3.97. The standard InChI is InChI=1S/C9H9N5O/c10-1-7-2-11-9(12-3-7)14-4-8(5-15)13-6-14/h2-6H,1,10H2. The molecule has 0 aliphatic heterocycles. The molecule has 2 aromatic rings. The molecule has 0 bridgehead atoms. The Balaban J connectivity index is 2.32. The average molecular weight is 203 g/mol. The van der Waals surface area contributed by atoms with Crippen LogP contribution in [0.1, 0.15) is 16.1 Å². The molecule has 76 valence electrons. The highest BCUT2D eigenvalue weighted by atomic mass is 16.1. The van der Waals surface area contributed by atoms with Crippen molar-refractivity contribution < 1.29 is 4.79 Å². The van der Waals surface area contributed by atoms with Crippen molar-refractivity contribution in [3.05, 3.63) is 36.2 Å². The van der Waals surface area contributed by atoms with Crippen LogP contribution in [-0.2, 0) is 6.54 Å². The molecule has 0 fully saturated rings. The number of hydrogen-bond donors (Lipinski definition) is 1. The normalized spacial score (nSPS) is 10.2. The van der Waals surface area contributed by atoms with Crippen LogP contribution >= 0.6 is 0 Å². The van der Waals surface area contributed by atoms with E-state index in [9.17, 15) is 4.79 Å². The van der Waals surface area contributed by atoms with Crippen molar-refractivity contribution in [2.75, 3.05) is 0 Å². The second-order valence-electron chi connectivity index (χ2n) is 2.92. The van der Waals surface area contributed by atoms with Crippen molar-refractivity contribution in [2.45, 2.75) is 6.54 Å². The van der Waals surface area contributed by atoms with Gasteiger partial charge in [-0.3, -0.25) is 9.36 Å². The van der Waals surface area contributed by atoms with Gasteiger partial charge in [0.25, 0.3) is 0 Å². The Hall–Kier alpha value is -2.08. The number of hydrogen-bond acceptors (Lipinski definition) is 5. The minimum absolute atomic E-state index is 0.349. The lowest BCUT2D eigenvalue weighted by atomic mass is 10.3. The van der Waals surface area contributed by atoms with Crippen molar-refractivity contribution in [3.8, 4) is 5.95 Å². The quantitative estimate of drug-likeness (QED) is 0.706. The molecule has 15 heavy (non-hydrogen) atoms. The van der Waals surface area contributed by atoms with Gasteiger partial charge in [-0.2, -0.15) is 0 Å². The van der Waals surface area contributed by atoms with Crippen molar-refractivity contribution in [1.82, 2.24) is 19.5 Å². The highest BCUT2D eigenvalue weighted by molar-refractivity contribution is 5.71. The molecule has 0 aromatic carbocycles. The zero-order chi connectivity index (χ0) is 10.7. The van der Waals surface area contributed by atoms with E-state index in [4.69, 9.17) is 5.73 Å². The SMILES string of the molecule is NCc1cnc(-n2cnc(C=O)c2)nc1. The summed E-state index contributed by atoms with van der Waals surface area (Å²) >= 11 is 0. The van der Waals surface area contributed by atoms with Crippen LogP contribution in [0.25, 0.3) is 5.95 Å². The maximum Gasteiger partial charge on any atom is 0.234 e. The summed E-state index contributed by atoms with van der Waals surface area (Å²) in [4.78, 5) is 22.4. The summed E-state index contributed by atoms with van der Waals surface area (Å²) < 4.78 is 1.57. The largest absolute Gasteiger partial charge is 0.326 e. The van der Waals surface area contributed by atoms with Crippen LogP contribution in [0.2, 0.25) is 0 Å². The third kappa shape index (κ3) is 1.89. The summed E-state index contributed by atoms with van der Waals surface area (Å²) in [6, 6.07) is 0. The first kappa shape index (κ1) is 9.47. The van der Waals surface area contributed by atoms with Gasteiger partial charge < -0.3 is 5.73 Å². The smallest absolute Gasteiger partial charge is 0.234 e. The Morgan fingerprint density at radius 2 is 2.07 bits per heavy atom. The van der Waals surface area contributed by atoms with Gasteiger partial charge in [0, 0.05) is 30.7 Å². The molecule has 0 aliphatic rings. The number of carbonyl (C=O) groups is 1. The van der Waals surface area contributed by atoms with Gasteiger partial charge in [-0.05, 0) is 0 Å². The van der Waals surface area contributed by atoms with Crippen molar-refractivity contribution in [1.29, 1.82) is 0 Å². The van der Waals surface area contributed by atoms with Crippen molar-refractivity contribution in [2.24, 2.45) is 5.73 Å². The minimum atomic E-state index is 0.349. The van der Waals surface area contributed by atoms with Crippen LogP contribution in [0.4, 0.5) is 0 Å². The third-order valence-electron chi connectivity index (χ3n) is 1.88. The number of aromatic nitrogens is 4. The van der Waals surface area contributed by atoms with Gasteiger partial charge in [-0.1, -0.05) is 0 Å². The highest BCUT2D eigenvalue weighted by Crippen LogP contribution is 2.02. The van der Waals surface area contributed by atoms with Gasteiger partial charge in [0.2, 0.25) is 5.95 Å². The Morgan fingerprint density at radius 1 is 1.33 bits per heavy atom. The molecule has 0 amide bonds. The van der Waals surface area contributed by atoms with Crippen molar-refractivity contribution >= 4 is 6.29 Å². The first-order valence-electron chi connectivity index (χ1n) is 4.34. The summed E-state index contributed by atoms with van der Waals surface area (Å²) in [6.07, 6.45) is 7.00. The van der Waals surface area contributed by atoms with Crippen LogP contribution in [0.15, 0.2) is 24.9 Å². The fourth-order valence-corrected chi connectivity index (χ4v) is 1.09. The van der Waals surface area contributed by atoms with E-state index < -0.39 is 0 Å². The van der Waals surface area contributed by atoms with Gasteiger partial charge >= 0.3 is 0 Å². The van der Waals surface area contributed by atoms with Gasteiger partial charge in [-0.25, -0.2) is 15.0 Å². The molecule has 0 unspecified atom stereocenters. The van der Waals surface area contributed by atoms with Crippen LogP contribution in [-0.4, -0.2) is 25.8 Å². The zero-order valence-electron chi connectivity index (χ0n) is 7.87. The fourth-order valence-electron chi connectivity index (χ4n) is 1.09. The van der Waals surface area contributed by atoms with Gasteiger partial charge in [-0.15, -0.1) is 0 Å². The van der Waals surface area contributed by atoms with E-state index in [1.54, 1.807) is 23.2 Å². The first-order chi connectivity index (χ1) is 7.33. The number of imidazole rings is 1. The number of carbonyl (C=O) groups excluding carboxylic acids is 1. The van der Waals surface area contributed by atoms with E-state index in [0.29, 0.717) is 24.5 Å². The summed E-state index contributed by atoms with van der Waals surface area (Å²) in [5.41, 5.74) is 6.62. The molecular formula is C9H9N5O. The zero-order valence-corrected chi connectivity index (χ0v) is 7.87. The maximum absolute atomic E-state index is 10.4. The highest BCUT2D eigenvalue weighted by Gasteiger charge is 2.01. The molecule has 6 heteroatoms.